The van der Waals surface area contributed by atoms with Gasteiger partial charge in [0.2, 0.25) is 0 Å². The summed E-state index contributed by atoms with van der Waals surface area (Å²) in [6.45, 7) is 10.4. The zero-order chi connectivity index (χ0) is 21.7. The molecule has 2 amide bonds. The number of carbonyl (C=O) groups excluding carboxylic acids is 2. The van der Waals surface area contributed by atoms with Crippen LogP contribution in [0.1, 0.15) is 59.7 Å². The molecule has 30 heavy (non-hydrogen) atoms. The minimum absolute atomic E-state index is 0.0916. The quantitative estimate of drug-likeness (QED) is 0.503. The number of carbonyl (C=O) groups is 2. The molecule has 1 atom stereocenters. The van der Waals surface area contributed by atoms with Gasteiger partial charge in [-0.3, -0.25) is 9.59 Å². The predicted molar refractivity (Wildman–Crippen MR) is 126 cm³/mol. The van der Waals surface area contributed by atoms with Crippen LogP contribution in [0.3, 0.4) is 0 Å². The molecule has 0 saturated heterocycles. The van der Waals surface area contributed by atoms with Crippen molar-refractivity contribution in [2.75, 3.05) is 18.0 Å². The van der Waals surface area contributed by atoms with Crippen molar-refractivity contribution in [1.29, 1.82) is 0 Å². The van der Waals surface area contributed by atoms with Gasteiger partial charge in [-0.15, -0.1) is 11.3 Å². The smallest absolute Gasteiger partial charge is 0.261 e. The fourth-order valence-electron chi connectivity index (χ4n) is 2.97. The first kappa shape index (κ1) is 22.2. The number of nitrogens with zero attached hydrogens (tertiary/aromatic N) is 2. The molecular formula is C22H28N4O2S2. The van der Waals surface area contributed by atoms with E-state index >= 15 is 0 Å². The lowest BCUT2D eigenvalue weighted by Gasteiger charge is -2.16. The second-order valence-corrected chi connectivity index (χ2v) is 9.15. The third-order valence-corrected chi connectivity index (χ3v) is 7.19. The van der Waals surface area contributed by atoms with Gasteiger partial charge in [0.05, 0.1) is 9.58 Å². The summed E-state index contributed by atoms with van der Waals surface area (Å²) in [6, 6.07) is 9.40. The van der Waals surface area contributed by atoms with Gasteiger partial charge in [0.25, 0.3) is 11.8 Å². The van der Waals surface area contributed by atoms with Gasteiger partial charge in [0, 0.05) is 31.2 Å². The van der Waals surface area contributed by atoms with Crippen LogP contribution in [-0.4, -0.2) is 35.9 Å². The zero-order valence-corrected chi connectivity index (χ0v) is 19.5. The summed E-state index contributed by atoms with van der Waals surface area (Å²) in [4.78, 5) is 33.4. The van der Waals surface area contributed by atoms with Crippen LogP contribution in [0.4, 0.5) is 5.13 Å². The first-order valence-electron chi connectivity index (χ1n) is 10.3. The molecule has 0 saturated carbocycles. The second kappa shape index (κ2) is 10.0. The molecule has 3 rings (SSSR count). The average Bonchev–Trinajstić information content (AvgIpc) is 3.32. The number of hydrogen-bond donors (Lipinski definition) is 2. The molecule has 0 radical (unpaired) electrons. The molecule has 3 aromatic rings. The molecule has 0 bridgehead atoms. The van der Waals surface area contributed by atoms with E-state index in [0.29, 0.717) is 17.0 Å². The Morgan fingerprint density at radius 2 is 1.87 bits per heavy atom. The third-order valence-electron chi connectivity index (χ3n) is 4.97. The zero-order valence-electron chi connectivity index (χ0n) is 17.8. The van der Waals surface area contributed by atoms with Gasteiger partial charge < -0.3 is 15.5 Å². The van der Waals surface area contributed by atoms with Crippen molar-refractivity contribution in [2.24, 2.45) is 0 Å². The Morgan fingerprint density at radius 1 is 1.10 bits per heavy atom. The van der Waals surface area contributed by atoms with Crippen LogP contribution in [0, 0.1) is 0 Å². The van der Waals surface area contributed by atoms with E-state index in [2.05, 4.69) is 34.4 Å². The van der Waals surface area contributed by atoms with Crippen molar-refractivity contribution in [3.63, 3.8) is 0 Å². The average molecular weight is 445 g/mol. The SMILES string of the molecule is CCC(C)NC(=O)c1cccc(CNC(=O)c2cc3sc(N(CC)CC)nc3s2)c1. The van der Waals surface area contributed by atoms with E-state index in [-0.39, 0.29) is 17.9 Å². The number of rotatable bonds is 9. The van der Waals surface area contributed by atoms with Gasteiger partial charge in [-0.2, -0.15) is 0 Å². The van der Waals surface area contributed by atoms with Crippen LogP contribution in [0.5, 0.6) is 0 Å². The number of thiophene rings is 1. The van der Waals surface area contributed by atoms with Gasteiger partial charge >= 0.3 is 0 Å². The van der Waals surface area contributed by atoms with E-state index in [1.54, 1.807) is 17.4 Å². The molecule has 2 aromatic heterocycles. The fourth-order valence-corrected chi connectivity index (χ4v) is 5.22. The second-order valence-electron chi connectivity index (χ2n) is 7.11. The minimum Gasteiger partial charge on any atom is -0.350 e. The Hall–Kier alpha value is -2.45. The molecule has 1 aromatic carbocycles. The molecule has 0 spiro atoms. The predicted octanol–water partition coefficient (Wildman–Crippen LogP) is 4.66. The summed E-state index contributed by atoms with van der Waals surface area (Å²) in [5.74, 6) is -0.213. The third kappa shape index (κ3) is 5.17. The number of aromatic nitrogens is 1. The largest absolute Gasteiger partial charge is 0.350 e. The number of amides is 2. The topological polar surface area (TPSA) is 74.3 Å². The van der Waals surface area contributed by atoms with Crippen molar-refractivity contribution in [3.8, 4) is 0 Å². The summed E-state index contributed by atoms with van der Waals surface area (Å²) in [5, 5.41) is 6.91. The van der Waals surface area contributed by atoms with E-state index in [9.17, 15) is 9.59 Å². The molecular weight excluding hydrogens is 416 g/mol. The minimum atomic E-state index is -0.121. The summed E-state index contributed by atoms with van der Waals surface area (Å²) in [5.41, 5.74) is 1.49. The number of fused-ring (bicyclic) bond motifs is 1. The molecule has 6 nitrogen and oxygen atoms in total. The lowest BCUT2D eigenvalue weighted by Crippen LogP contribution is -2.32. The maximum Gasteiger partial charge on any atom is 0.261 e. The Labute approximate surface area is 185 Å². The van der Waals surface area contributed by atoms with Gasteiger partial charge in [0.15, 0.2) is 5.13 Å². The van der Waals surface area contributed by atoms with Crippen LogP contribution in [-0.2, 0) is 6.54 Å². The molecule has 160 valence electrons. The molecule has 1 unspecified atom stereocenters. The summed E-state index contributed by atoms with van der Waals surface area (Å²) < 4.78 is 1.04. The lowest BCUT2D eigenvalue weighted by atomic mass is 10.1. The van der Waals surface area contributed by atoms with Crippen LogP contribution < -0.4 is 15.5 Å². The molecule has 0 aliphatic heterocycles. The van der Waals surface area contributed by atoms with E-state index in [0.717, 1.165) is 39.7 Å². The van der Waals surface area contributed by atoms with E-state index in [1.807, 2.05) is 38.1 Å². The molecule has 8 heteroatoms. The maximum atomic E-state index is 12.6. The standard InChI is InChI=1S/C22H28N4O2S2/c1-5-14(4)24-19(27)16-10-8-9-15(11-16)13-23-20(28)17-12-18-21(29-17)25-22(30-18)26(6-2)7-3/h8-12,14H,5-7,13H2,1-4H3,(H,23,28)(H,24,27). The summed E-state index contributed by atoms with van der Waals surface area (Å²) in [7, 11) is 0. The highest BCUT2D eigenvalue weighted by Crippen LogP contribution is 2.34. The Kier molecular flexibility index (Phi) is 7.44. The first-order chi connectivity index (χ1) is 14.4. The van der Waals surface area contributed by atoms with Gasteiger partial charge in [-0.1, -0.05) is 30.4 Å². The van der Waals surface area contributed by atoms with Gasteiger partial charge in [0.1, 0.15) is 4.83 Å². The number of thiazole rings is 1. The Bertz CT molecular complexity index is 992. The summed E-state index contributed by atoms with van der Waals surface area (Å²) in [6.07, 6.45) is 0.880. The van der Waals surface area contributed by atoms with E-state index in [1.165, 1.54) is 11.3 Å². The van der Waals surface area contributed by atoms with Crippen molar-refractivity contribution in [3.05, 3.63) is 46.3 Å². The van der Waals surface area contributed by atoms with E-state index in [4.69, 9.17) is 0 Å². The molecule has 0 fully saturated rings. The number of benzene rings is 1. The maximum absolute atomic E-state index is 12.6. The van der Waals surface area contributed by atoms with Gasteiger partial charge in [-0.05, 0) is 51.0 Å². The molecule has 0 aliphatic rings. The monoisotopic (exact) mass is 444 g/mol. The lowest BCUT2D eigenvalue weighted by molar-refractivity contribution is 0.0937. The first-order valence-corrected chi connectivity index (χ1v) is 11.9. The van der Waals surface area contributed by atoms with Crippen molar-refractivity contribution < 1.29 is 9.59 Å². The van der Waals surface area contributed by atoms with Crippen LogP contribution in [0.25, 0.3) is 9.53 Å². The number of nitrogens with one attached hydrogen (secondary N) is 2. The number of anilines is 1. The number of hydrogen-bond acceptors (Lipinski definition) is 6. The van der Waals surface area contributed by atoms with Crippen molar-refractivity contribution >= 4 is 49.1 Å². The van der Waals surface area contributed by atoms with Crippen molar-refractivity contribution in [2.45, 2.75) is 46.7 Å². The van der Waals surface area contributed by atoms with Gasteiger partial charge in [-0.25, -0.2) is 4.98 Å². The van der Waals surface area contributed by atoms with Crippen molar-refractivity contribution in [1.82, 2.24) is 15.6 Å². The van der Waals surface area contributed by atoms with Crippen LogP contribution >= 0.6 is 22.7 Å². The summed E-state index contributed by atoms with van der Waals surface area (Å²) >= 11 is 3.03. The highest BCUT2D eigenvalue weighted by Gasteiger charge is 2.16. The highest BCUT2D eigenvalue weighted by molar-refractivity contribution is 7.29. The Morgan fingerprint density at radius 3 is 2.53 bits per heavy atom. The van der Waals surface area contributed by atoms with Crippen LogP contribution in [0.2, 0.25) is 0 Å². The highest BCUT2D eigenvalue weighted by atomic mass is 32.1. The molecule has 0 aliphatic carbocycles. The Balaban J connectivity index is 1.63. The van der Waals surface area contributed by atoms with E-state index < -0.39 is 0 Å². The van der Waals surface area contributed by atoms with Crippen LogP contribution in [0.15, 0.2) is 30.3 Å². The molecule has 2 N–H and O–H groups in total. The normalized spacial score (nSPS) is 12.0. The molecule has 2 heterocycles. The fraction of sp³-hybridized carbons (Fsp3) is 0.409.